The van der Waals surface area contributed by atoms with Gasteiger partial charge >= 0.3 is 0 Å². The molecule has 0 saturated carbocycles. The first-order chi connectivity index (χ1) is 8.60. The lowest BCUT2D eigenvalue weighted by atomic mass is 10.1. The van der Waals surface area contributed by atoms with Crippen LogP contribution in [0.4, 0.5) is 5.69 Å². The molecule has 0 unspecified atom stereocenters. The summed E-state index contributed by atoms with van der Waals surface area (Å²) < 4.78 is 0. The number of benzene rings is 1. The van der Waals surface area contributed by atoms with Gasteiger partial charge in [-0.15, -0.1) is 0 Å². The van der Waals surface area contributed by atoms with Crippen LogP contribution in [0.1, 0.15) is 51.2 Å². The van der Waals surface area contributed by atoms with E-state index in [4.69, 9.17) is 5.11 Å². The number of anilines is 1. The Hall–Kier alpha value is -1.02. The predicted molar refractivity (Wildman–Crippen MR) is 79.1 cm³/mol. The van der Waals surface area contributed by atoms with E-state index in [1.54, 1.807) is 0 Å². The van der Waals surface area contributed by atoms with Crippen molar-refractivity contribution in [2.75, 3.05) is 11.4 Å². The monoisotopic (exact) mass is 249 g/mol. The molecule has 0 spiro atoms. The molecular weight excluding hydrogens is 222 g/mol. The Balaban J connectivity index is 2.84. The van der Waals surface area contributed by atoms with Crippen LogP contribution in [0.3, 0.4) is 0 Å². The molecule has 2 heteroatoms. The van der Waals surface area contributed by atoms with Gasteiger partial charge in [0.2, 0.25) is 0 Å². The lowest BCUT2D eigenvalue weighted by molar-refractivity contribution is 0.282. The SMILES string of the molecule is CCCCCN(c1ccc(CO)cc1C)C(C)C. The molecule has 1 aromatic carbocycles. The maximum absolute atomic E-state index is 9.16. The molecule has 2 nitrogen and oxygen atoms in total. The molecule has 1 aromatic rings. The molecule has 0 radical (unpaired) electrons. The van der Waals surface area contributed by atoms with Gasteiger partial charge in [-0.1, -0.05) is 31.9 Å². The predicted octanol–water partition coefficient (Wildman–Crippen LogP) is 3.89. The van der Waals surface area contributed by atoms with E-state index >= 15 is 0 Å². The number of aliphatic hydroxyl groups is 1. The molecule has 0 aliphatic carbocycles. The van der Waals surface area contributed by atoms with Crippen LogP contribution < -0.4 is 4.90 Å². The molecule has 102 valence electrons. The van der Waals surface area contributed by atoms with Crippen molar-refractivity contribution < 1.29 is 5.11 Å². The highest BCUT2D eigenvalue weighted by atomic mass is 16.3. The summed E-state index contributed by atoms with van der Waals surface area (Å²) in [5.41, 5.74) is 3.55. The molecule has 18 heavy (non-hydrogen) atoms. The van der Waals surface area contributed by atoms with Crippen molar-refractivity contribution in [3.05, 3.63) is 29.3 Å². The fraction of sp³-hybridized carbons (Fsp3) is 0.625. The summed E-state index contributed by atoms with van der Waals surface area (Å²) in [5, 5.41) is 9.16. The number of aryl methyl sites for hydroxylation is 1. The summed E-state index contributed by atoms with van der Waals surface area (Å²) in [4.78, 5) is 2.46. The Bertz CT molecular complexity index is 360. The van der Waals surface area contributed by atoms with Crippen LogP contribution in [0, 0.1) is 6.92 Å². The third-order valence-electron chi connectivity index (χ3n) is 3.38. The second-order valence-electron chi connectivity index (χ2n) is 5.27. The normalized spacial score (nSPS) is 11.0. The average molecular weight is 249 g/mol. The number of hydrogen-bond acceptors (Lipinski definition) is 2. The minimum absolute atomic E-state index is 0.124. The van der Waals surface area contributed by atoms with Crippen LogP contribution in [0.2, 0.25) is 0 Å². The summed E-state index contributed by atoms with van der Waals surface area (Å²) in [5.74, 6) is 0. The Labute approximate surface area is 112 Å². The van der Waals surface area contributed by atoms with E-state index in [0.717, 1.165) is 12.1 Å². The molecule has 0 aromatic heterocycles. The van der Waals surface area contributed by atoms with E-state index in [1.807, 2.05) is 6.07 Å². The molecule has 0 atom stereocenters. The summed E-state index contributed by atoms with van der Waals surface area (Å²) in [7, 11) is 0. The Kier molecular flexibility index (Phi) is 6.20. The second kappa shape index (κ2) is 7.42. The van der Waals surface area contributed by atoms with Crippen LogP contribution in [-0.4, -0.2) is 17.7 Å². The van der Waals surface area contributed by atoms with Gasteiger partial charge in [-0.2, -0.15) is 0 Å². The van der Waals surface area contributed by atoms with Gasteiger partial charge in [0.1, 0.15) is 0 Å². The highest BCUT2D eigenvalue weighted by molar-refractivity contribution is 5.55. The zero-order valence-electron chi connectivity index (χ0n) is 12.2. The van der Waals surface area contributed by atoms with Crippen LogP contribution in [0.25, 0.3) is 0 Å². The largest absolute Gasteiger partial charge is 0.392 e. The number of hydrogen-bond donors (Lipinski definition) is 1. The molecule has 1 N–H and O–H groups in total. The summed E-state index contributed by atoms with van der Waals surface area (Å²) in [6, 6.07) is 6.77. The molecule has 1 rings (SSSR count). The fourth-order valence-electron chi connectivity index (χ4n) is 2.33. The summed E-state index contributed by atoms with van der Waals surface area (Å²) in [6.07, 6.45) is 3.79. The maximum Gasteiger partial charge on any atom is 0.0681 e. The van der Waals surface area contributed by atoms with Crippen LogP contribution >= 0.6 is 0 Å². The van der Waals surface area contributed by atoms with Crippen molar-refractivity contribution in [2.24, 2.45) is 0 Å². The van der Waals surface area contributed by atoms with E-state index in [2.05, 4.69) is 44.7 Å². The Morgan fingerprint density at radius 2 is 1.94 bits per heavy atom. The highest BCUT2D eigenvalue weighted by Crippen LogP contribution is 2.24. The van der Waals surface area contributed by atoms with Gasteiger partial charge in [0.25, 0.3) is 0 Å². The standard InChI is InChI=1S/C16H27NO/c1-5-6-7-10-17(13(2)3)16-9-8-15(12-18)11-14(16)4/h8-9,11,13,18H,5-7,10,12H2,1-4H3. The quantitative estimate of drug-likeness (QED) is 0.741. The van der Waals surface area contributed by atoms with Crippen molar-refractivity contribution in [2.45, 2.75) is 59.6 Å². The van der Waals surface area contributed by atoms with Crippen molar-refractivity contribution in [3.8, 4) is 0 Å². The lowest BCUT2D eigenvalue weighted by Gasteiger charge is -2.30. The molecule has 0 aliphatic rings. The van der Waals surface area contributed by atoms with Gasteiger partial charge in [0.15, 0.2) is 0 Å². The fourth-order valence-corrected chi connectivity index (χ4v) is 2.33. The Morgan fingerprint density at radius 3 is 2.44 bits per heavy atom. The second-order valence-corrected chi connectivity index (χ2v) is 5.27. The van der Waals surface area contributed by atoms with E-state index in [9.17, 15) is 0 Å². The topological polar surface area (TPSA) is 23.5 Å². The first-order valence-corrected chi connectivity index (χ1v) is 7.07. The lowest BCUT2D eigenvalue weighted by Crippen LogP contribution is -2.32. The van der Waals surface area contributed by atoms with Crippen LogP contribution in [0.15, 0.2) is 18.2 Å². The van der Waals surface area contributed by atoms with E-state index in [1.165, 1.54) is 30.5 Å². The Morgan fingerprint density at radius 1 is 1.22 bits per heavy atom. The number of rotatable bonds is 7. The van der Waals surface area contributed by atoms with Gasteiger partial charge in [0, 0.05) is 18.3 Å². The van der Waals surface area contributed by atoms with Gasteiger partial charge in [0.05, 0.1) is 6.61 Å². The number of aliphatic hydroxyl groups excluding tert-OH is 1. The summed E-state index contributed by atoms with van der Waals surface area (Å²) in [6.45, 7) is 10.1. The zero-order valence-corrected chi connectivity index (χ0v) is 12.2. The molecule has 0 saturated heterocycles. The van der Waals surface area contributed by atoms with Crippen LogP contribution in [-0.2, 0) is 6.61 Å². The van der Waals surface area contributed by atoms with E-state index in [-0.39, 0.29) is 6.61 Å². The van der Waals surface area contributed by atoms with Crippen molar-refractivity contribution in [3.63, 3.8) is 0 Å². The van der Waals surface area contributed by atoms with Crippen LogP contribution in [0.5, 0.6) is 0 Å². The third-order valence-corrected chi connectivity index (χ3v) is 3.38. The minimum Gasteiger partial charge on any atom is -0.392 e. The first-order valence-electron chi connectivity index (χ1n) is 7.07. The number of unbranched alkanes of at least 4 members (excludes halogenated alkanes) is 2. The molecule has 0 heterocycles. The van der Waals surface area contributed by atoms with Gasteiger partial charge in [-0.05, 0) is 44.4 Å². The molecule has 0 bridgehead atoms. The van der Waals surface area contributed by atoms with Crippen molar-refractivity contribution in [1.29, 1.82) is 0 Å². The van der Waals surface area contributed by atoms with Crippen molar-refractivity contribution in [1.82, 2.24) is 0 Å². The third kappa shape index (κ3) is 4.02. The summed E-state index contributed by atoms with van der Waals surface area (Å²) >= 11 is 0. The zero-order chi connectivity index (χ0) is 13.5. The first kappa shape index (κ1) is 15.0. The average Bonchev–Trinajstić information content (AvgIpc) is 2.35. The van der Waals surface area contributed by atoms with Crippen molar-refractivity contribution >= 4 is 5.69 Å². The molecule has 0 amide bonds. The van der Waals surface area contributed by atoms with Gasteiger partial charge in [-0.3, -0.25) is 0 Å². The molecule has 0 aliphatic heterocycles. The number of nitrogens with zero attached hydrogens (tertiary/aromatic N) is 1. The smallest absolute Gasteiger partial charge is 0.0681 e. The van der Waals surface area contributed by atoms with Gasteiger partial charge < -0.3 is 10.0 Å². The highest BCUT2D eigenvalue weighted by Gasteiger charge is 2.12. The molecular formula is C16H27NO. The maximum atomic E-state index is 9.16. The van der Waals surface area contributed by atoms with E-state index < -0.39 is 0 Å². The minimum atomic E-state index is 0.124. The van der Waals surface area contributed by atoms with E-state index in [0.29, 0.717) is 6.04 Å². The molecule has 0 fully saturated rings. The van der Waals surface area contributed by atoms with Gasteiger partial charge in [-0.25, -0.2) is 0 Å².